The molecule has 4 heteroatoms. The summed E-state index contributed by atoms with van der Waals surface area (Å²) < 4.78 is 5.22. The number of carbonyl (C=O) groups is 1. The molecule has 0 heterocycles. The molecule has 0 radical (unpaired) electrons. The van der Waals surface area contributed by atoms with Gasteiger partial charge in [0, 0.05) is 6.04 Å². The molecule has 1 saturated carbocycles. The van der Waals surface area contributed by atoms with Crippen LogP contribution in [0.5, 0.6) is 0 Å². The summed E-state index contributed by atoms with van der Waals surface area (Å²) in [5, 5.41) is 2.94. The van der Waals surface area contributed by atoms with Gasteiger partial charge in [0.2, 0.25) is 0 Å². The number of hydrogen-bond donors (Lipinski definition) is 2. The maximum absolute atomic E-state index is 11.7. The number of alkyl carbamates (subject to hydrolysis) is 1. The van der Waals surface area contributed by atoms with Crippen LogP contribution in [0, 0.1) is 5.92 Å². The molecule has 19 heavy (non-hydrogen) atoms. The third kappa shape index (κ3) is 4.56. The first-order valence-electron chi connectivity index (χ1n) is 6.95. The van der Waals surface area contributed by atoms with Gasteiger partial charge >= 0.3 is 6.09 Å². The summed E-state index contributed by atoms with van der Waals surface area (Å²) in [5.74, 6) is 0.535. The zero-order valence-electron chi connectivity index (χ0n) is 11.2. The highest BCUT2D eigenvalue weighted by molar-refractivity contribution is 5.67. The lowest BCUT2D eigenvalue weighted by molar-refractivity contribution is 0.130. The third-order valence-electron chi connectivity index (χ3n) is 3.65. The van der Waals surface area contributed by atoms with Crippen molar-refractivity contribution < 1.29 is 9.53 Å². The van der Waals surface area contributed by atoms with Crippen molar-refractivity contribution >= 4 is 6.09 Å². The molecule has 104 valence electrons. The van der Waals surface area contributed by atoms with Crippen LogP contribution in [-0.4, -0.2) is 18.7 Å². The van der Waals surface area contributed by atoms with E-state index in [2.05, 4.69) is 5.32 Å². The van der Waals surface area contributed by atoms with Crippen LogP contribution < -0.4 is 11.1 Å². The van der Waals surface area contributed by atoms with Crippen molar-refractivity contribution in [1.82, 2.24) is 5.32 Å². The fourth-order valence-corrected chi connectivity index (χ4v) is 2.57. The van der Waals surface area contributed by atoms with E-state index in [1.54, 1.807) is 0 Å². The molecule has 1 aliphatic carbocycles. The smallest absolute Gasteiger partial charge is 0.407 e. The molecule has 2 atom stereocenters. The van der Waals surface area contributed by atoms with Gasteiger partial charge in [-0.2, -0.15) is 0 Å². The Labute approximate surface area is 114 Å². The van der Waals surface area contributed by atoms with Crippen molar-refractivity contribution in [1.29, 1.82) is 0 Å². The summed E-state index contributed by atoms with van der Waals surface area (Å²) in [5.41, 5.74) is 6.69. The molecule has 4 nitrogen and oxygen atoms in total. The zero-order chi connectivity index (χ0) is 13.5. The second kappa shape index (κ2) is 7.14. The standard InChI is InChI=1S/C15H22N2O2/c16-10-13-7-4-8-14(9-13)17-15(18)19-11-12-5-2-1-3-6-12/h1-3,5-6,13-14H,4,7-11,16H2,(H,17,18). The Morgan fingerprint density at radius 1 is 1.32 bits per heavy atom. The van der Waals surface area contributed by atoms with Crippen LogP contribution in [-0.2, 0) is 11.3 Å². The molecule has 1 fully saturated rings. The van der Waals surface area contributed by atoms with Crippen LogP contribution in [0.2, 0.25) is 0 Å². The second-order valence-electron chi connectivity index (χ2n) is 5.17. The van der Waals surface area contributed by atoms with E-state index in [9.17, 15) is 4.79 Å². The average molecular weight is 262 g/mol. The summed E-state index contributed by atoms with van der Waals surface area (Å²) in [6.07, 6.45) is 3.97. The number of carbonyl (C=O) groups excluding carboxylic acids is 1. The Kier molecular flexibility index (Phi) is 5.21. The molecule has 1 aromatic carbocycles. The molecule has 0 aliphatic heterocycles. The Bertz CT molecular complexity index is 394. The number of nitrogens with two attached hydrogens (primary N) is 1. The quantitative estimate of drug-likeness (QED) is 0.876. The van der Waals surface area contributed by atoms with Gasteiger partial charge in [-0.25, -0.2) is 4.79 Å². The largest absolute Gasteiger partial charge is 0.445 e. The van der Waals surface area contributed by atoms with Crippen LogP contribution in [0.25, 0.3) is 0 Å². The molecule has 3 N–H and O–H groups in total. The van der Waals surface area contributed by atoms with Gasteiger partial charge in [-0.1, -0.05) is 36.8 Å². The van der Waals surface area contributed by atoms with Gasteiger partial charge in [-0.15, -0.1) is 0 Å². The van der Waals surface area contributed by atoms with Gasteiger partial charge in [0.25, 0.3) is 0 Å². The summed E-state index contributed by atoms with van der Waals surface area (Å²) >= 11 is 0. The Morgan fingerprint density at radius 2 is 2.11 bits per heavy atom. The van der Waals surface area contributed by atoms with Crippen molar-refractivity contribution in [3.8, 4) is 0 Å². The van der Waals surface area contributed by atoms with Crippen LogP contribution in [0.1, 0.15) is 31.2 Å². The van der Waals surface area contributed by atoms with E-state index in [-0.39, 0.29) is 12.1 Å². The fourth-order valence-electron chi connectivity index (χ4n) is 2.57. The van der Waals surface area contributed by atoms with Gasteiger partial charge in [-0.3, -0.25) is 0 Å². The Morgan fingerprint density at radius 3 is 2.84 bits per heavy atom. The van der Waals surface area contributed by atoms with Crippen molar-refractivity contribution in [2.24, 2.45) is 11.7 Å². The summed E-state index contributed by atoms with van der Waals surface area (Å²) in [7, 11) is 0. The number of amides is 1. The highest BCUT2D eigenvalue weighted by atomic mass is 16.5. The van der Waals surface area contributed by atoms with E-state index >= 15 is 0 Å². The van der Waals surface area contributed by atoms with Gasteiger partial charge in [0.15, 0.2) is 0 Å². The van der Waals surface area contributed by atoms with Gasteiger partial charge in [0.05, 0.1) is 0 Å². The van der Waals surface area contributed by atoms with E-state index in [1.165, 1.54) is 6.42 Å². The predicted molar refractivity (Wildman–Crippen MR) is 74.6 cm³/mol. The van der Waals surface area contributed by atoms with Crippen LogP contribution in [0.4, 0.5) is 4.79 Å². The highest BCUT2D eigenvalue weighted by Gasteiger charge is 2.22. The molecular formula is C15H22N2O2. The lowest BCUT2D eigenvalue weighted by Crippen LogP contribution is -2.39. The highest BCUT2D eigenvalue weighted by Crippen LogP contribution is 2.23. The molecule has 0 aromatic heterocycles. The average Bonchev–Trinajstić information content (AvgIpc) is 2.46. The minimum absolute atomic E-state index is 0.213. The molecule has 0 saturated heterocycles. The fraction of sp³-hybridized carbons (Fsp3) is 0.533. The summed E-state index contributed by atoms with van der Waals surface area (Å²) in [6.45, 7) is 1.02. The van der Waals surface area contributed by atoms with Gasteiger partial charge in [0.1, 0.15) is 6.61 Å². The normalized spacial score (nSPS) is 22.8. The minimum Gasteiger partial charge on any atom is -0.445 e. The van der Waals surface area contributed by atoms with Gasteiger partial charge < -0.3 is 15.8 Å². The Balaban J connectivity index is 1.72. The maximum Gasteiger partial charge on any atom is 0.407 e. The van der Waals surface area contributed by atoms with Crippen molar-refractivity contribution in [3.05, 3.63) is 35.9 Å². The minimum atomic E-state index is -0.327. The molecule has 0 spiro atoms. The molecule has 2 rings (SSSR count). The summed E-state index contributed by atoms with van der Waals surface area (Å²) in [4.78, 5) is 11.7. The molecule has 0 bridgehead atoms. The lowest BCUT2D eigenvalue weighted by Gasteiger charge is -2.28. The SMILES string of the molecule is NCC1CCCC(NC(=O)OCc2ccccc2)C1. The maximum atomic E-state index is 11.7. The third-order valence-corrected chi connectivity index (χ3v) is 3.65. The van der Waals surface area contributed by atoms with Crippen LogP contribution >= 0.6 is 0 Å². The topological polar surface area (TPSA) is 64.3 Å². The molecule has 1 amide bonds. The van der Waals surface area contributed by atoms with Crippen molar-refractivity contribution in [2.45, 2.75) is 38.3 Å². The first-order valence-corrected chi connectivity index (χ1v) is 6.95. The number of hydrogen-bond acceptors (Lipinski definition) is 3. The van der Waals surface area contributed by atoms with E-state index in [0.29, 0.717) is 19.1 Å². The second-order valence-corrected chi connectivity index (χ2v) is 5.17. The first-order chi connectivity index (χ1) is 9.28. The van der Waals surface area contributed by atoms with Crippen molar-refractivity contribution in [2.75, 3.05) is 6.54 Å². The van der Waals surface area contributed by atoms with Crippen LogP contribution in [0.3, 0.4) is 0 Å². The Hall–Kier alpha value is -1.55. The number of ether oxygens (including phenoxy) is 1. The monoisotopic (exact) mass is 262 g/mol. The number of benzene rings is 1. The molecular weight excluding hydrogens is 240 g/mol. The lowest BCUT2D eigenvalue weighted by atomic mass is 9.86. The van der Waals surface area contributed by atoms with E-state index in [0.717, 1.165) is 24.8 Å². The van der Waals surface area contributed by atoms with E-state index in [1.807, 2.05) is 30.3 Å². The number of nitrogens with one attached hydrogen (secondary N) is 1. The predicted octanol–water partition coefficient (Wildman–Crippen LogP) is 2.43. The van der Waals surface area contributed by atoms with Gasteiger partial charge in [-0.05, 0) is 37.3 Å². The van der Waals surface area contributed by atoms with E-state index < -0.39 is 0 Å². The van der Waals surface area contributed by atoms with E-state index in [4.69, 9.17) is 10.5 Å². The molecule has 1 aliphatic rings. The first kappa shape index (κ1) is 13.9. The van der Waals surface area contributed by atoms with Crippen molar-refractivity contribution in [3.63, 3.8) is 0 Å². The molecule has 2 unspecified atom stereocenters. The zero-order valence-corrected chi connectivity index (χ0v) is 11.2. The summed E-state index contributed by atoms with van der Waals surface area (Å²) in [6, 6.07) is 9.91. The van der Waals surface area contributed by atoms with Crippen LogP contribution in [0.15, 0.2) is 30.3 Å². The molecule has 1 aromatic rings. The number of rotatable bonds is 4.